The van der Waals surface area contributed by atoms with Crippen molar-refractivity contribution in [3.8, 4) is 0 Å². The molecule has 0 aromatic heterocycles. The first kappa shape index (κ1) is 17.0. The van der Waals surface area contributed by atoms with E-state index in [1.165, 1.54) is 19.3 Å². The molecule has 1 saturated heterocycles. The molecular weight excluding hydrogens is 278 g/mol. The maximum absolute atomic E-state index is 10.7. The van der Waals surface area contributed by atoms with Crippen LogP contribution in [-0.4, -0.2) is 40.2 Å². The number of aliphatic carboxylic acids is 1. The Morgan fingerprint density at radius 1 is 1.23 bits per heavy atom. The van der Waals surface area contributed by atoms with Gasteiger partial charge in [-0.25, -0.2) is 0 Å². The van der Waals surface area contributed by atoms with Crippen LogP contribution >= 0.6 is 0 Å². The summed E-state index contributed by atoms with van der Waals surface area (Å²) in [6, 6.07) is 10.2. The Labute approximate surface area is 132 Å². The second-order valence-electron chi connectivity index (χ2n) is 6.20. The first-order chi connectivity index (χ1) is 10.7. The van der Waals surface area contributed by atoms with E-state index in [0.29, 0.717) is 12.5 Å². The van der Waals surface area contributed by atoms with E-state index < -0.39 is 12.1 Å². The number of hydrogen-bond acceptors (Lipinski definition) is 3. The predicted octanol–water partition coefficient (Wildman–Crippen LogP) is 3.22. The first-order valence-corrected chi connectivity index (χ1v) is 8.35. The van der Waals surface area contributed by atoms with Crippen LogP contribution in [0.4, 0.5) is 0 Å². The third kappa shape index (κ3) is 5.43. The summed E-state index contributed by atoms with van der Waals surface area (Å²) in [6.45, 7) is 1.84. The molecule has 1 aliphatic rings. The lowest BCUT2D eigenvalue weighted by molar-refractivity contribution is -0.137. The molecule has 2 atom stereocenters. The molecule has 22 heavy (non-hydrogen) atoms. The molecule has 0 amide bonds. The number of carboxylic acids is 1. The van der Waals surface area contributed by atoms with Crippen molar-refractivity contribution < 1.29 is 15.0 Å². The maximum atomic E-state index is 10.7. The summed E-state index contributed by atoms with van der Waals surface area (Å²) in [5, 5.41) is 19.3. The molecule has 0 saturated carbocycles. The SMILES string of the molecule is O=C(O)CCCN1CCCCC[C@H]1C[C@H](O)c1ccccc1. The Bertz CT molecular complexity index is 449. The van der Waals surface area contributed by atoms with E-state index in [4.69, 9.17) is 5.11 Å². The highest BCUT2D eigenvalue weighted by Crippen LogP contribution is 2.26. The fraction of sp³-hybridized carbons (Fsp3) is 0.611. The molecule has 1 aromatic rings. The lowest BCUT2D eigenvalue weighted by Crippen LogP contribution is -2.37. The summed E-state index contributed by atoms with van der Waals surface area (Å²) in [5.74, 6) is -0.726. The molecule has 1 fully saturated rings. The minimum absolute atomic E-state index is 0.227. The zero-order valence-corrected chi connectivity index (χ0v) is 13.2. The smallest absolute Gasteiger partial charge is 0.303 e. The van der Waals surface area contributed by atoms with Gasteiger partial charge < -0.3 is 15.1 Å². The summed E-state index contributed by atoms with van der Waals surface area (Å²) in [6.07, 6.45) is 5.90. The molecule has 2 rings (SSSR count). The number of benzene rings is 1. The molecule has 0 unspecified atom stereocenters. The van der Waals surface area contributed by atoms with Gasteiger partial charge in [0.15, 0.2) is 0 Å². The van der Waals surface area contributed by atoms with E-state index in [1.807, 2.05) is 30.3 Å². The highest BCUT2D eigenvalue weighted by Gasteiger charge is 2.24. The van der Waals surface area contributed by atoms with Gasteiger partial charge >= 0.3 is 5.97 Å². The number of carbonyl (C=O) groups is 1. The van der Waals surface area contributed by atoms with Gasteiger partial charge in [-0.2, -0.15) is 0 Å². The van der Waals surface area contributed by atoms with Crippen molar-refractivity contribution in [2.75, 3.05) is 13.1 Å². The fourth-order valence-corrected chi connectivity index (χ4v) is 3.30. The number of aliphatic hydroxyl groups is 1. The van der Waals surface area contributed by atoms with Crippen molar-refractivity contribution in [2.45, 2.75) is 57.1 Å². The van der Waals surface area contributed by atoms with E-state index in [0.717, 1.165) is 31.5 Å². The molecule has 0 bridgehead atoms. The highest BCUT2D eigenvalue weighted by molar-refractivity contribution is 5.66. The molecule has 4 heteroatoms. The molecule has 0 aliphatic carbocycles. The fourth-order valence-electron chi connectivity index (χ4n) is 3.30. The second kappa shape index (κ2) is 8.91. The normalized spacial score (nSPS) is 21.2. The Morgan fingerprint density at radius 2 is 2.00 bits per heavy atom. The lowest BCUT2D eigenvalue weighted by atomic mass is 9.98. The molecule has 1 aromatic carbocycles. The number of rotatable bonds is 7. The summed E-state index contributed by atoms with van der Waals surface area (Å²) in [7, 11) is 0. The summed E-state index contributed by atoms with van der Waals surface area (Å²) in [4.78, 5) is 13.1. The average molecular weight is 305 g/mol. The predicted molar refractivity (Wildman–Crippen MR) is 86.7 cm³/mol. The third-order valence-corrected chi connectivity index (χ3v) is 4.51. The molecule has 2 N–H and O–H groups in total. The summed E-state index contributed by atoms with van der Waals surface area (Å²) < 4.78 is 0. The van der Waals surface area contributed by atoms with Gasteiger partial charge in [-0.15, -0.1) is 0 Å². The monoisotopic (exact) mass is 305 g/mol. The number of aliphatic hydroxyl groups excluding tert-OH is 1. The van der Waals surface area contributed by atoms with Gasteiger partial charge in [-0.1, -0.05) is 43.2 Å². The van der Waals surface area contributed by atoms with Gasteiger partial charge in [0, 0.05) is 12.5 Å². The molecule has 1 heterocycles. The molecule has 1 aliphatic heterocycles. The molecular formula is C18H27NO3. The second-order valence-corrected chi connectivity index (χ2v) is 6.20. The van der Waals surface area contributed by atoms with Gasteiger partial charge in [0.2, 0.25) is 0 Å². The van der Waals surface area contributed by atoms with Crippen molar-refractivity contribution in [2.24, 2.45) is 0 Å². The van der Waals surface area contributed by atoms with E-state index >= 15 is 0 Å². The zero-order valence-electron chi connectivity index (χ0n) is 13.2. The molecule has 0 spiro atoms. The van der Waals surface area contributed by atoms with E-state index in [9.17, 15) is 9.90 Å². The topological polar surface area (TPSA) is 60.8 Å². The van der Waals surface area contributed by atoms with E-state index in [2.05, 4.69) is 4.90 Å². The van der Waals surface area contributed by atoms with Crippen LogP contribution in [0.5, 0.6) is 0 Å². The number of hydrogen-bond donors (Lipinski definition) is 2. The van der Waals surface area contributed by atoms with Crippen LogP contribution in [0.1, 0.15) is 56.6 Å². The van der Waals surface area contributed by atoms with Crippen molar-refractivity contribution in [3.63, 3.8) is 0 Å². The Balaban J connectivity index is 1.93. The van der Waals surface area contributed by atoms with Crippen molar-refractivity contribution in [1.82, 2.24) is 4.90 Å². The van der Waals surface area contributed by atoms with Gasteiger partial charge in [0.1, 0.15) is 0 Å². The Kier molecular flexibility index (Phi) is 6.87. The van der Waals surface area contributed by atoms with Crippen molar-refractivity contribution >= 4 is 5.97 Å². The summed E-state index contributed by atoms with van der Waals surface area (Å²) in [5.41, 5.74) is 0.970. The van der Waals surface area contributed by atoms with Crippen LogP contribution in [0.15, 0.2) is 30.3 Å². The minimum Gasteiger partial charge on any atom is -0.481 e. The quantitative estimate of drug-likeness (QED) is 0.812. The third-order valence-electron chi connectivity index (χ3n) is 4.51. The number of nitrogens with zero attached hydrogens (tertiary/aromatic N) is 1. The van der Waals surface area contributed by atoms with E-state index in [-0.39, 0.29) is 6.42 Å². The number of carboxylic acid groups (broad SMARTS) is 1. The van der Waals surface area contributed by atoms with Crippen LogP contribution in [0, 0.1) is 0 Å². The molecule has 0 radical (unpaired) electrons. The Morgan fingerprint density at radius 3 is 2.73 bits per heavy atom. The van der Waals surface area contributed by atoms with Crippen LogP contribution in [0.3, 0.4) is 0 Å². The van der Waals surface area contributed by atoms with Crippen LogP contribution in [-0.2, 0) is 4.79 Å². The van der Waals surface area contributed by atoms with Crippen LogP contribution < -0.4 is 0 Å². The van der Waals surface area contributed by atoms with Crippen LogP contribution in [0.2, 0.25) is 0 Å². The average Bonchev–Trinajstić information content (AvgIpc) is 2.73. The number of likely N-dealkylation sites (tertiary alicyclic amines) is 1. The van der Waals surface area contributed by atoms with Crippen LogP contribution in [0.25, 0.3) is 0 Å². The van der Waals surface area contributed by atoms with Gasteiger partial charge in [-0.05, 0) is 44.3 Å². The summed E-state index contributed by atoms with van der Waals surface area (Å²) >= 11 is 0. The lowest BCUT2D eigenvalue weighted by Gasteiger charge is -2.31. The highest BCUT2D eigenvalue weighted by atomic mass is 16.4. The zero-order chi connectivity index (χ0) is 15.8. The molecule has 4 nitrogen and oxygen atoms in total. The largest absolute Gasteiger partial charge is 0.481 e. The van der Waals surface area contributed by atoms with E-state index in [1.54, 1.807) is 0 Å². The molecule has 122 valence electrons. The standard InChI is InChI=1S/C18H27NO3/c20-17(15-8-3-1-4-9-15)14-16-10-5-2-6-12-19(16)13-7-11-18(21)22/h1,3-4,8-9,16-17,20H,2,5-7,10-14H2,(H,21,22)/t16-,17-/m0/s1. The van der Waals surface area contributed by atoms with Crippen molar-refractivity contribution in [3.05, 3.63) is 35.9 Å². The van der Waals surface area contributed by atoms with Gasteiger partial charge in [0.05, 0.1) is 6.10 Å². The van der Waals surface area contributed by atoms with Gasteiger partial charge in [0.25, 0.3) is 0 Å². The van der Waals surface area contributed by atoms with Crippen molar-refractivity contribution in [1.29, 1.82) is 0 Å². The van der Waals surface area contributed by atoms with Gasteiger partial charge in [-0.3, -0.25) is 4.79 Å². The maximum Gasteiger partial charge on any atom is 0.303 e. The minimum atomic E-state index is -0.726. The first-order valence-electron chi connectivity index (χ1n) is 8.35. The Hall–Kier alpha value is -1.39.